The summed E-state index contributed by atoms with van der Waals surface area (Å²) in [5.74, 6) is -1.78. The fourth-order valence-corrected chi connectivity index (χ4v) is 5.13. The average molecular weight is 563 g/mol. The zero-order valence-electron chi connectivity index (χ0n) is 23.1. The molecule has 0 aliphatic carbocycles. The van der Waals surface area contributed by atoms with Crippen molar-refractivity contribution in [1.29, 1.82) is 0 Å². The van der Waals surface area contributed by atoms with Crippen molar-refractivity contribution in [3.63, 3.8) is 0 Å². The summed E-state index contributed by atoms with van der Waals surface area (Å²) in [5, 5.41) is 5.14. The summed E-state index contributed by atoms with van der Waals surface area (Å²) in [6.45, 7) is 0. The Labute approximate surface area is 248 Å². The second-order valence-corrected chi connectivity index (χ2v) is 10.00. The van der Waals surface area contributed by atoms with E-state index in [-0.39, 0.29) is 0 Å². The van der Waals surface area contributed by atoms with Crippen molar-refractivity contribution in [3.05, 3.63) is 158 Å². The van der Waals surface area contributed by atoms with Gasteiger partial charge in [0.1, 0.15) is 23.0 Å². The van der Waals surface area contributed by atoms with E-state index in [0.717, 1.165) is 32.3 Å². The Kier molecular flexibility index (Phi) is 6.82. The normalized spacial score (nSPS) is 11.3. The molecule has 0 saturated carbocycles. The van der Waals surface area contributed by atoms with Gasteiger partial charge in [-0.05, 0) is 46.5 Å². The van der Waals surface area contributed by atoms with Crippen LogP contribution in [-0.4, -0.2) is 11.9 Å². The zero-order valence-corrected chi connectivity index (χ0v) is 23.1. The Balaban J connectivity index is 1.45. The second kappa shape index (κ2) is 11.2. The predicted octanol–water partition coefficient (Wildman–Crippen LogP) is 8.94. The highest BCUT2D eigenvalue weighted by atomic mass is 16.9. The van der Waals surface area contributed by atoms with Crippen LogP contribution in [-0.2, 0) is 4.79 Å². The lowest BCUT2D eigenvalue weighted by atomic mass is 10.1. The van der Waals surface area contributed by atoms with E-state index >= 15 is 0 Å². The molecule has 0 unspecified atom stereocenters. The van der Waals surface area contributed by atoms with Gasteiger partial charge in [0.15, 0.2) is 0 Å². The topological polar surface area (TPSA) is 54.0 Å². The Morgan fingerprint density at radius 3 is 1.16 bits per heavy atom. The number of rotatable bonds is 8. The fraction of sp³-hybridized carbons (Fsp3) is 0.0263. The van der Waals surface area contributed by atoms with Crippen LogP contribution in [0.3, 0.4) is 0 Å². The quantitative estimate of drug-likeness (QED) is 0.105. The molecule has 0 N–H and O–H groups in total. The Hall–Kier alpha value is -5.81. The monoisotopic (exact) mass is 562 g/mol. The van der Waals surface area contributed by atoms with Crippen LogP contribution in [0.4, 0.5) is 0 Å². The number of fused-ring (bicyclic) bond motifs is 3. The summed E-state index contributed by atoms with van der Waals surface area (Å²) in [4.78, 5) is 14.5. The van der Waals surface area contributed by atoms with E-state index in [1.54, 1.807) is 42.5 Å². The van der Waals surface area contributed by atoms with Gasteiger partial charge in [-0.1, -0.05) is 127 Å². The van der Waals surface area contributed by atoms with Crippen LogP contribution in [0.15, 0.2) is 158 Å². The van der Waals surface area contributed by atoms with Crippen LogP contribution < -0.4 is 18.9 Å². The summed E-state index contributed by atoms with van der Waals surface area (Å²) in [6, 6.07) is 48.9. The van der Waals surface area contributed by atoms with Gasteiger partial charge >= 0.3 is 11.9 Å². The largest absolute Gasteiger partial charge is 0.524 e. The Morgan fingerprint density at radius 1 is 0.395 bits per heavy atom. The lowest BCUT2D eigenvalue weighted by Crippen LogP contribution is -2.57. The third-order valence-electron chi connectivity index (χ3n) is 7.19. The molecule has 43 heavy (non-hydrogen) atoms. The highest BCUT2D eigenvalue weighted by Crippen LogP contribution is 2.37. The predicted molar refractivity (Wildman–Crippen MR) is 169 cm³/mol. The highest BCUT2D eigenvalue weighted by molar-refractivity contribution is 5.92. The molecule has 0 aliphatic heterocycles. The van der Waals surface area contributed by atoms with Crippen molar-refractivity contribution < 1.29 is 23.7 Å². The van der Waals surface area contributed by atoms with Gasteiger partial charge in [0, 0.05) is 16.2 Å². The zero-order chi connectivity index (χ0) is 29.1. The molecular formula is C38H26O5. The number of esters is 1. The SMILES string of the molecule is O=C(Oc1ccccc1)C(Oc1cccc2ccccc12)(Oc1cccc2ccccc12)Oc1cccc2ccccc12. The molecule has 0 aliphatic rings. The molecule has 0 bridgehead atoms. The van der Waals surface area contributed by atoms with E-state index in [9.17, 15) is 4.79 Å². The van der Waals surface area contributed by atoms with Crippen molar-refractivity contribution in [2.24, 2.45) is 0 Å². The first kappa shape index (κ1) is 26.1. The molecule has 0 heterocycles. The first-order valence-corrected chi connectivity index (χ1v) is 14.0. The van der Waals surface area contributed by atoms with E-state index in [0.29, 0.717) is 23.0 Å². The molecule has 5 heteroatoms. The summed E-state index contributed by atoms with van der Waals surface area (Å²) in [5.41, 5.74) is 0. The smallest absolute Gasteiger partial charge is 0.418 e. The summed E-state index contributed by atoms with van der Waals surface area (Å²) >= 11 is 0. The summed E-state index contributed by atoms with van der Waals surface area (Å²) in [6.07, 6.45) is 0. The lowest BCUT2D eigenvalue weighted by molar-refractivity contribution is -0.251. The third-order valence-corrected chi connectivity index (χ3v) is 7.19. The molecule has 7 aromatic rings. The maximum Gasteiger partial charge on any atom is 0.524 e. The highest BCUT2D eigenvalue weighted by Gasteiger charge is 2.51. The molecule has 0 fully saturated rings. The molecule has 0 amide bonds. The van der Waals surface area contributed by atoms with Gasteiger partial charge in [0.2, 0.25) is 0 Å². The van der Waals surface area contributed by atoms with Crippen LogP contribution in [0.5, 0.6) is 23.0 Å². The van der Waals surface area contributed by atoms with Crippen LogP contribution in [0.1, 0.15) is 0 Å². The number of para-hydroxylation sites is 1. The number of carbonyl (C=O) groups excluding carboxylic acids is 1. The van der Waals surface area contributed by atoms with E-state index in [4.69, 9.17) is 18.9 Å². The summed E-state index contributed by atoms with van der Waals surface area (Å²) in [7, 11) is 0. The van der Waals surface area contributed by atoms with Crippen LogP contribution in [0, 0.1) is 0 Å². The maximum atomic E-state index is 14.5. The summed E-state index contributed by atoms with van der Waals surface area (Å²) < 4.78 is 25.8. The van der Waals surface area contributed by atoms with E-state index < -0.39 is 11.9 Å². The molecular weight excluding hydrogens is 536 g/mol. The minimum Gasteiger partial charge on any atom is -0.418 e. The third kappa shape index (κ3) is 5.20. The van der Waals surface area contributed by atoms with Gasteiger partial charge in [0.05, 0.1) is 0 Å². The first-order valence-electron chi connectivity index (χ1n) is 14.0. The molecule has 0 radical (unpaired) electrons. The van der Waals surface area contributed by atoms with Crippen LogP contribution in [0.25, 0.3) is 32.3 Å². The molecule has 0 aromatic heterocycles. The van der Waals surface area contributed by atoms with Crippen molar-refractivity contribution >= 4 is 38.3 Å². The number of benzene rings is 7. The van der Waals surface area contributed by atoms with E-state index in [1.165, 1.54) is 0 Å². The Morgan fingerprint density at radius 2 is 0.744 bits per heavy atom. The molecule has 0 atom stereocenters. The van der Waals surface area contributed by atoms with E-state index in [1.807, 2.05) is 115 Å². The molecule has 7 rings (SSSR count). The standard InChI is InChI=1S/C38H26O5/c39-37(40-30-19-2-1-3-20-30)38(41-34-24-10-16-27-13-4-7-21-31(27)34,42-35-25-11-17-28-14-5-8-22-32(28)35)43-36-26-12-18-29-15-6-9-23-33(29)36/h1-26H. The molecule has 0 saturated heterocycles. The molecule has 7 aromatic carbocycles. The van der Waals surface area contributed by atoms with Gasteiger partial charge in [-0.2, -0.15) is 0 Å². The number of hydrogen-bond donors (Lipinski definition) is 0. The van der Waals surface area contributed by atoms with Crippen LogP contribution >= 0.6 is 0 Å². The average Bonchev–Trinajstić information content (AvgIpc) is 3.06. The minimum atomic E-state index is -2.39. The van der Waals surface area contributed by atoms with Crippen molar-refractivity contribution in [2.75, 3.05) is 0 Å². The molecule has 5 nitrogen and oxygen atoms in total. The number of ether oxygens (including phenoxy) is 4. The minimum absolute atomic E-state index is 0.321. The van der Waals surface area contributed by atoms with E-state index in [2.05, 4.69) is 0 Å². The van der Waals surface area contributed by atoms with Gasteiger partial charge in [-0.25, -0.2) is 4.79 Å². The molecule has 0 spiro atoms. The first-order chi connectivity index (χ1) is 21.2. The van der Waals surface area contributed by atoms with Gasteiger partial charge in [-0.15, -0.1) is 0 Å². The van der Waals surface area contributed by atoms with Crippen LogP contribution in [0.2, 0.25) is 0 Å². The van der Waals surface area contributed by atoms with Gasteiger partial charge < -0.3 is 18.9 Å². The molecule has 208 valence electrons. The Bertz CT molecular complexity index is 1860. The second-order valence-electron chi connectivity index (χ2n) is 10.00. The number of hydrogen-bond acceptors (Lipinski definition) is 5. The van der Waals surface area contributed by atoms with Crippen molar-refractivity contribution in [1.82, 2.24) is 0 Å². The fourth-order valence-electron chi connectivity index (χ4n) is 5.13. The maximum absolute atomic E-state index is 14.5. The van der Waals surface area contributed by atoms with Crippen molar-refractivity contribution in [2.45, 2.75) is 5.97 Å². The van der Waals surface area contributed by atoms with Gasteiger partial charge in [-0.3, -0.25) is 0 Å². The number of carbonyl (C=O) groups is 1. The van der Waals surface area contributed by atoms with Gasteiger partial charge in [0.25, 0.3) is 0 Å². The lowest BCUT2D eigenvalue weighted by Gasteiger charge is -2.32. The van der Waals surface area contributed by atoms with Crippen molar-refractivity contribution in [3.8, 4) is 23.0 Å².